The minimum atomic E-state index is -0.184. The molecule has 6 nitrogen and oxygen atoms in total. The Hall–Kier alpha value is -2.94. The second kappa shape index (κ2) is 7.71. The lowest BCUT2D eigenvalue weighted by Gasteiger charge is -2.18. The van der Waals surface area contributed by atoms with E-state index in [1.165, 1.54) is 22.7 Å². The van der Waals surface area contributed by atoms with Crippen LogP contribution < -0.4 is 9.64 Å². The molecule has 30 heavy (non-hydrogen) atoms. The molecule has 0 spiro atoms. The molecule has 0 aliphatic heterocycles. The molecule has 0 aliphatic carbocycles. The van der Waals surface area contributed by atoms with Gasteiger partial charge in [0.1, 0.15) is 17.0 Å². The molecular weight excluding hydrogens is 442 g/mol. The number of thiazole rings is 2. The van der Waals surface area contributed by atoms with Crippen molar-refractivity contribution >= 4 is 65.7 Å². The fourth-order valence-corrected chi connectivity index (χ4v) is 5.12. The Labute approximate surface area is 184 Å². The molecular formula is C21H14ClN3O3S2. The first-order chi connectivity index (χ1) is 14.6. The van der Waals surface area contributed by atoms with E-state index in [1.54, 1.807) is 48.0 Å². The minimum Gasteiger partial charge on any atom is -0.494 e. The van der Waals surface area contributed by atoms with Gasteiger partial charge < -0.3 is 9.15 Å². The van der Waals surface area contributed by atoms with Gasteiger partial charge in [0.15, 0.2) is 5.13 Å². The van der Waals surface area contributed by atoms with Gasteiger partial charge in [-0.1, -0.05) is 22.9 Å². The second-order valence-electron chi connectivity index (χ2n) is 6.43. The molecule has 0 unspecified atom stereocenters. The Morgan fingerprint density at radius 2 is 2.17 bits per heavy atom. The molecule has 3 heterocycles. The largest absolute Gasteiger partial charge is 0.494 e. The van der Waals surface area contributed by atoms with Gasteiger partial charge in [0.2, 0.25) is 0 Å². The van der Waals surface area contributed by atoms with Crippen LogP contribution >= 0.6 is 34.3 Å². The molecule has 0 fully saturated rings. The maximum atomic E-state index is 13.5. The van der Waals surface area contributed by atoms with Crippen molar-refractivity contribution in [1.82, 2.24) is 9.97 Å². The van der Waals surface area contributed by atoms with Gasteiger partial charge in [-0.3, -0.25) is 9.69 Å². The number of furan rings is 1. The van der Waals surface area contributed by atoms with Crippen LogP contribution in [0.2, 0.25) is 5.02 Å². The smallest absolute Gasteiger partial charge is 0.260 e. The van der Waals surface area contributed by atoms with E-state index >= 15 is 0 Å². The summed E-state index contributed by atoms with van der Waals surface area (Å²) in [5.74, 6) is 1.07. The molecule has 0 saturated carbocycles. The first kappa shape index (κ1) is 19.0. The number of hydrogen-bond donors (Lipinski definition) is 0. The zero-order valence-corrected chi connectivity index (χ0v) is 18.1. The van der Waals surface area contributed by atoms with E-state index in [9.17, 15) is 4.79 Å². The molecule has 0 aliphatic rings. The number of carbonyl (C=O) groups is 1. The summed E-state index contributed by atoms with van der Waals surface area (Å²) in [5.41, 5.74) is 3.81. The van der Waals surface area contributed by atoms with E-state index in [-0.39, 0.29) is 12.5 Å². The lowest BCUT2D eigenvalue weighted by atomic mass is 10.2. The van der Waals surface area contributed by atoms with Crippen LogP contribution in [0.5, 0.6) is 5.75 Å². The maximum Gasteiger partial charge on any atom is 0.260 e. The fourth-order valence-electron chi connectivity index (χ4n) is 3.15. The predicted molar refractivity (Wildman–Crippen MR) is 120 cm³/mol. The van der Waals surface area contributed by atoms with Gasteiger partial charge in [-0.15, -0.1) is 11.3 Å². The summed E-state index contributed by atoms with van der Waals surface area (Å²) in [7, 11) is 1.58. The van der Waals surface area contributed by atoms with Gasteiger partial charge in [-0.05, 0) is 42.5 Å². The summed E-state index contributed by atoms with van der Waals surface area (Å²) in [6, 6.07) is 12.6. The van der Waals surface area contributed by atoms with Gasteiger partial charge >= 0.3 is 0 Å². The van der Waals surface area contributed by atoms with Crippen molar-refractivity contribution in [1.29, 1.82) is 0 Å². The highest BCUT2D eigenvalue weighted by Crippen LogP contribution is 2.39. The van der Waals surface area contributed by atoms with Crippen molar-refractivity contribution < 1.29 is 13.9 Å². The SMILES string of the molecule is COc1ccc(Cl)c2sc(N(Cc3ccco3)C(=O)c3ccc4ncsc4c3)nc12. The van der Waals surface area contributed by atoms with Crippen molar-refractivity contribution in [3.63, 3.8) is 0 Å². The molecule has 150 valence electrons. The third-order valence-electron chi connectivity index (χ3n) is 4.62. The molecule has 5 aromatic rings. The van der Waals surface area contributed by atoms with Crippen LogP contribution in [0.25, 0.3) is 20.4 Å². The average Bonchev–Trinajstić information content (AvgIpc) is 3.51. The third kappa shape index (κ3) is 3.32. The van der Waals surface area contributed by atoms with Crippen molar-refractivity contribution in [2.45, 2.75) is 6.54 Å². The molecule has 0 N–H and O–H groups in total. The zero-order chi connectivity index (χ0) is 20.7. The molecule has 3 aromatic heterocycles. The molecule has 9 heteroatoms. The maximum absolute atomic E-state index is 13.5. The minimum absolute atomic E-state index is 0.184. The van der Waals surface area contributed by atoms with Gasteiger partial charge in [-0.25, -0.2) is 9.97 Å². The number of halogens is 1. The summed E-state index contributed by atoms with van der Waals surface area (Å²) >= 11 is 9.22. The number of rotatable bonds is 5. The summed E-state index contributed by atoms with van der Waals surface area (Å²) in [5, 5.41) is 1.08. The molecule has 0 bridgehead atoms. The standard InChI is InChI=1S/C21H14ClN3O3S2/c1-27-16-7-5-14(22)19-18(16)24-21(30-19)25(10-13-3-2-8-28-13)20(26)12-4-6-15-17(9-12)29-11-23-15/h2-9,11H,10H2,1H3. The zero-order valence-electron chi connectivity index (χ0n) is 15.7. The fraction of sp³-hybridized carbons (Fsp3) is 0.0952. The van der Waals surface area contributed by atoms with Crippen LogP contribution in [0.15, 0.2) is 58.7 Å². The van der Waals surface area contributed by atoms with Gasteiger partial charge in [0, 0.05) is 5.56 Å². The van der Waals surface area contributed by atoms with Gasteiger partial charge in [0.25, 0.3) is 5.91 Å². The Bertz CT molecular complexity index is 1360. The number of amides is 1. The number of fused-ring (bicyclic) bond motifs is 2. The Morgan fingerprint density at radius 1 is 1.27 bits per heavy atom. The average molecular weight is 456 g/mol. The van der Waals surface area contributed by atoms with E-state index in [4.69, 9.17) is 20.8 Å². The lowest BCUT2D eigenvalue weighted by Crippen LogP contribution is -2.30. The number of ether oxygens (including phenoxy) is 1. The van der Waals surface area contributed by atoms with Crippen molar-refractivity contribution in [3.8, 4) is 5.75 Å². The van der Waals surface area contributed by atoms with Gasteiger partial charge in [-0.2, -0.15) is 0 Å². The van der Waals surface area contributed by atoms with Crippen LogP contribution in [0.4, 0.5) is 5.13 Å². The van der Waals surface area contributed by atoms with Gasteiger partial charge in [0.05, 0.1) is 45.4 Å². The molecule has 5 rings (SSSR count). The monoisotopic (exact) mass is 455 g/mol. The van der Waals surface area contributed by atoms with Crippen LogP contribution in [0, 0.1) is 0 Å². The number of hydrogen-bond acceptors (Lipinski definition) is 7. The number of carbonyl (C=O) groups excluding carboxylic acids is 1. The molecule has 2 aromatic carbocycles. The predicted octanol–water partition coefficient (Wildman–Crippen LogP) is 6.01. The number of aromatic nitrogens is 2. The first-order valence-electron chi connectivity index (χ1n) is 8.94. The summed E-state index contributed by atoms with van der Waals surface area (Å²) in [6.45, 7) is 0.242. The van der Waals surface area contributed by atoms with Crippen molar-refractivity contribution in [2.75, 3.05) is 12.0 Å². The Morgan fingerprint density at radius 3 is 2.97 bits per heavy atom. The third-order valence-corrected chi connectivity index (χ3v) is 6.95. The number of nitrogens with zero attached hydrogens (tertiary/aromatic N) is 3. The summed E-state index contributed by atoms with van der Waals surface area (Å²) in [6.07, 6.45) is 1.58. The molecule has 0 radical (unpaired) electrons. The molecule has 0 saturated heterocycles. The summed E-state index contributed by atoms with van der Waals surface area (Å²) < 4.78 is 12.6. The topological polar surface area (TPSA) is 68.5 Å². The highest BCUT2D eigenvalue weighted by Gasteiger charge is 2.24. The van der Waals surface area contributed by atoms with Crippen molar-refractivity contribution in [2.24, 2.45) is 0 Å². The lowest BCUT2D eigenvalue weighted by molar-refractivity contribution is 0.0983. The molecule has 1 amide bonds. The number of benzene rings is 2. The molecule has 0 atom stereocenters. The van der Waals surface area contributed by atoms with Crippen LogP contribution in [0.3, 0.4) is 0 Å². The summed E-state index contributed by atoms with van der Waals surface area (Å²) in [4.78, 5) is 24.1. The van der Waals surface area contributed by atoms with E-state index in [0.29, 0.717) is 32.7 Å². The second-order valence-corrected chi connectivity index (χ2v) is 8.70. The highest BCUT2D eigenvalue weighted by atomic mass is 35.5. The Balaban J connectivity index is 1.62. The van der Waals surface area contributed by atoms with Crippen LogP contribution in [-0.2, 0) is 6.54 Å². The first-order valence-corrected chi connectivity index (χ1v) is 11.0. The van der Waals surface area contributed by atoms with Crippen molar-refractivity contribution in [3.05, 3.63) is 70.6 Å². The van der Waals surface area contributed by atoms with Crippen LogP contribution in [-0.4, -0.2) is 23.0 Å². The Kier molecular flexibility index (Phi) is 4.90. The quantitative estimate of drug-likeness (QED) is 0.324. The van der Waals surface area contributed by atoms with E-state index < -0.39 is 0 Å². The van der Waals surface area contributed by atoms with E-state index in [0.717, 1.165) is 14.9 Å². The van der Waals surface area contributed by atoms with E-state index in [1.807, 2.05) is 18.2 Å². The number of anilines is 1. The van der Waals surface area contributed by atoms with E-state index in [2.05, 4.69) is 9.97 Å². The normalized spacial score (nSPS) is 11.3. The number of methoxy groups -OCH3 is 1. The van der Waals surface area contributed by atoms with Crippen LogP contribution in [0.1, 0.15) is 16.1 Å². The highest BCUT2D eigenvalue weighted by molar-refractivity contribution is 7.23.